The second-order valence-corrected chi connectivity index (χ2v) is 6.79. The van der Waals surface area contributed by atoms with Gasteiger partial charge in [-0.25, -0.2) is 0 Å². The zero-order chi connectivity index (χ0) is 16.0. The molecule has 0 unspecified atom stereocenters. The molecule has 2 rings (SSSR count). The highest BCUT2D eigenvalue weighted by Gasteiger charge is 2.38. The first-order chi connectivity index (χ1) is 10.6. The number of rotatable bonds is 7. The van der Waals surface area contributed by atoms with Gasteiger partial charge in [0.25, 0.3) is 0 Å². The van der Waals surface area contributed by atoms with Crippen molar-refractivity contribution < 1.29 is 9.84 Å². The summed E-state index contributed by atoms with van der Waals surface area (Å²) in [5.41, 5.74) is 2.83. The minimum Gasteiger partial charge on any atom is -0.385 e. The fourth-order valence-electron chi connectivity index (χ4n) is 3.71. The third kappa shape index (κ3) is 4.31. The second-order valence-electron chi connectivity index (χ2n) is 6.79. The van der Waals surface area contributed by atoms with E-state index in [1.807, 2.05) is 0 Å². The third-order valence-electron chi connectivity index (χ3n) is 4.85. The molecule has 0 bridgehead atoms. The quantitative estimate of drug-likeness (QED) is 0.759. The van der Waals surface area contributed by atoms with Crippen LogP contribution in [0.4, 0.5) is 0 Å². The largest absolute Gasteiger partial charge is 0.385 e. The molecule has 0 spiro atoms. The van der Waals surface area contributed by atoms with Crippen LogP contribution in [0.15, 0.2) is 18.2 Å². The maximum absolute atomic E-state index is 11.6. The molecule has 124 valence electrons. The Hall–Kier alpha value is -0.900. The van der Waals surface area contributed by atoms with Crippen molar-refractivity contribution in [3.63, 3.8) is 0 Å². The molecule has 2 N–H and O–H groups in total. The van der Waals surface area contributed by atoms with Gasteiger partial charge in [0.1, 0.15) is 0 Å². The van der Waals surface area contributed by atoms with E-state index in [2.05, 4.69) is 37.4 Å². The number of benzene rings is 1. The summed E-state index contributed by atoms with van der Waals surface area (Å²) in [6.07, 6.45) is 5.06. The number of unbranched alkanes of at least 4 members (excludes halogenated alkanes) is 1. The van der Waals surface area contributed by atoms with E-state index in [1.54, 1.807) is 7.11 Å². The summed E-state index contributed by atoms with van der Waals surface area (Å²) in [6.45, 7) is 6.98. The van der Waals surface area contributed by atoms with Crippen LogP contribution in [0.25, 0.3) is 0 Å². The zero-order valence-electron chi connectivity index (χ0n) is 14.3. The van der Waals surface area contributed by atoms with Gasteiger partial charge in [0, 0.05) is 26.2 Å². The number of ether oxygens (including phenoxy) is 1. The van der Waals surface area contributed by atoms with E-state index in [4.69, 9.17) is 4.74 Å². The first-order valence-electron chi connectivity index (χ1n) is 8.57. The standard InChI is InChI=1S/C19H31NO2/c1-15-11-16(2)13-18(12-15)19(21,8-4-5-10-22-3)17-7-6-9-20-14-17/h11-13,17,20-21H,4-10,14H2,1-3H3/t17-,19+/m1/s1. The normalized spacial score (nSPS) is 21.5. The summed E-state index contributed by atoms with van der Waals surface area (Å²) >= 11 is 0. The highest BCUT2D eigenvalue weighted by atomic mass is 16.5. The van der Waals surface area contributed by atoms with Crippen molar-refractivity contribution in [1.82, 2.24) is 5.32 Å². The number of methoxy groups -OCH3 is 1. The Balaban J connectivity index is 2.22. The van der Waals surface area contributed by atoms with Crippen LogP contribution in [-0.4, -0.2) is 31.9 Å². The van der Waals surface area contributed by atoms with Gasteiger partial charge in [-0.2, -0.15) is 0 Å². The first-order valence-corrected chi connectivity index (χ1v) is 8.57. The average molecular weight is 305 g/mol. The molecule has 0 radical (unpaired) electrons. The van der Waals surface area contributed by atoms with Crippen LogP contribution >= 0.6 is 0 Å². The van der Waals surface area contributed by atoms with Crippen LogP contribution in [0.5, 0.6) is 0 Å². The summed E-state index contributed by atoms with van der Waals surface area (Å²) in [7, 11) is 1.74. The third-order valence-corrected chi connectivity index (χ3v) is 4.85. The smallest absolute Gasteiger partial charge is 0.0936 e. The van der Waals surface area contributed by atoms with Crippen LogP contribution in [-0.2, 0) is 10.3 Å². The molecular formula is C19H31NO2. The first kappa shape index (κ1) is 17.5. The van der Waals surface area contributed by atoms with E-state index in [9.17, 15) is 5.11 Å². The molecule has 1 aliphatic rings. The molecule has 2 atom stereocenters. The van der Waals surface area contributed by atoms with Gasteiger partial charge in [-0.05, 0) is 58.1 Å². The van der Waals surface area contributed by atoms with Gasteiger partial charge in [0.15, 0.2) is 0 Å². The SMILES string of the molecule is COCCCC[C@@](O)(c1cc(C)cc(C)c1)[C@@H]1CCCNC1. The van der Waals surface area contributed by atoms with Gasteiger partial charge in [-0.15, -0.1) is 0 Å². The van der Waals surface area contributed by atoms with E-state index < -0.39 is 5.60 Å². The van der Waals surface area contributed by atoms with Crippen molar-refractivity contribution in [3.05, 3.63) is 34.9 Å². The van der Waals surface area contributed by atoms with Crippen molar-refractivity contribution in [2.24, 2.45) is 5.92 Å². The predicted octanol–water partition coefficient (Wildman–Crippen LogP) is 3.31. The molecule has 0 aliphatic carbocycles. The molecule has 1 aliphatic heterocycles. The Labute approximate surface area is 135 Å². The van der Waals surface area contributed by atoms with Gasteiger partial charge >= 0.3 is 0 Å². The van der Waals surface area contributed by atoms with Gasteiger partial charge < -0.3 is 15.2 Å². The van der Waals surface area contributed by atoms with Gasteiger partial charge in [-0.1, -0.05) is 29.3 Å². The summed E-state index contributed by atoms with van der Waals surface area (Å²) in [6, 6.07) is 6.50. The van der Waals surface area contributed by atoms with Crippen LogP contribution < -0.4 is 5.32 Å². The summed E-state index contributed by atoms with van der Waals surface area (Å²) in [4.78, 5) is 0. The maximum atomic E-state index is 11.6. The predicted molar refractivity (Wildman–Crippen MR) is 91.1 cm³/mol. The number of hydrogen-bond donors (Lipinski definition) is 2. The van der Waals surface area contributed by atoms with Crippen LogP contribution in [0.2, 0.25) is 0 Å². The Kier molecular flexibility index (Phi) is 6.42. The van der Waals surface area contributed by atoms with Crippen LogP contribution in [0.1, 0.15) is 48.8 Å². The fraction of sp³-hybridized carbons (Fsp3) is 0.684. The molecule has 1 heterocycles. The van der Waals surface area contributed by atoms with E-state index in [1.165, 1.54) is 11.1 Å². The molecule has 0 aromatic heterocycles. The number of aryl methyl sites for hydroxylation is 2. The molecule has 3 heteroatoms. The monoisotopic (exact) mass is 305 g/mol. The lowest BCUT2D eigenvalue weighted by molar-refractivity contribution is -0.0435. The molecule has 1 aromatic carbocycles. The Morgan fingerprint density at radius 2 is 1.95 bits per heavy atom. The molecule has 22 heavy (non-hydrogen) atoms. The zero-order valence-corrected chi connectivity index (χ0v) is 14.3. The van der Waals surface area contributed by atoms with Gasteiger partial charge in [0.2, 0.25) is 0 Å². The number of piperidine rings is 1. The molecule has 0 saturated carbocycles. The topological polar surface area (TPSA) is 41.5 Å². The minimum absolute atomic E-state index is 0.296. The Morgan fingerprint density at radius 1 is 1.23 bits per heavy atom. The van der Waals surface area contributed by atoms with Gasteiger partial charge in [0.05, 0.1) is 5.60 Å². The lowest BCUT2D eigenvalue weighted by atomic mass is 9.74. The summed E-state index contributed by atoms with van der Waals surface area (Å²) in [5.74, 6) is 0.296. The Morgan fingerprint density at radius 3 is 2.55 bits per heavy atom. The highest BCUT2D eigenvalue weighted by Crippen LogP contribution is 2.39. The van der Waals surface area contributed by atoms with E-state index in [-0.39, 0.29) is 0 Å². The second kappa shape index (κ2) is 8.09. The molecule has 3 nitrogen and oxygen atoms in total. The lowest BCUT2D eigenvalue weighted by Gasteiger charge is -2.40. The van der Waals surface area contributed by atoms with Crippen molar-refractivity contribution in [2.75, 3.05) is 26.8 Å². The average Bonchev–Trinajstić information content (AvgIpc) is 2.51. The molecule has 1 saturated heterocycles. The maximum Gasteiger partial charge on any atom is 0.0936 e. The number of hydrogen-bond acceptors (Lipinski definition) is 3. The van der Waals surface area contributed by atoms with Crippen LogP contribution in [0, 0.1) is 19.8 Å². The fourth-order valence-corrected chi connectivity index (χ4v) is 3.71. The van der Waals surface area contributed by atoms with E-state index in [0.717, 1.165) is 57.4 Å². The minimum atomic E-state index is -0.724. The summed E-state index contributed by atoms with van der Waals surface area (Å²) < 4.78 is 5.15. The van der Waals surface area contributed by atoms with Crippen molar-refractivity contribution in [3.8, 4) is 0 Å². The van der Waals surface area contributed by atoms with E-state index >= 15 is 0 Å². The number of aliphatic hydroxyl groups is 1. The van der Waals surface area contributed by atoms with Crippen molar-refractivity contribution in [1.29, 1.82) is 0 Å². The van der Waals surface area contributed by atoms with Crippen molar-refractivity contribution >= 4 is 0 Å². The lowest BCUT2D eigenvalue weighted by Crippen LogP contribution is -2.44. The van der Waals surface area contributed by atoms with Crippen molar-refractivity contribution in [2.45, 2.75) is 51.6 Å². The van der Waals surface area contributed by atoms with Gasteiger partial charge in [-0.3, -0.25) is 0 Å². The molecule has 1 aromatic rings. The van der Waals surface area contributed by atoms with Crippen LogP contribution in [0.3, 0.4) is 0 Å². The highest BCUT2D eigenvalue weighted by molar-refractivity contribution is 5.33. The molecule has 1 fully saturated rings. The Bertz CT molecular complexity index is 448. The summed E-state index contributed by atoms with van der Waals surface area (Å²) in [5, 5.41) is 15.0. The number of nitrogens with one attached hydrogen (secondary N) is 1. The molecule has 0 amide bonds. The van der Waals surface area contributed by atoms with E-state index in [0.29, 0.717) is 5.92 Å². The molecular weight excluding hydrogens is 274 g/mol.